The summed E-state index contributed by atoms with van der Waals surface area (Å²) in [7, 11) is 0. The number of aldehydes is 1. The van der Waals surface area contributed by atoms with Crippen molar-refractivity contribution in [2.45, 2.75) is 19.8 Å². The number of carbonyl (C=O) groups excluding carboxylic acids is 1. The minimum Gasteiger partial charge on any atom is -0.298 e. The maximum atomic E-state index is 12.7. The first-order chi connectivity index (χ1) is 6.19. The van der Waals surface area contributed by atoms with Gasteiger partial charge in [-0.2, -0.15) is 0 Å². The van der Waals surface area contributed by atoms with Crippen molar-refractivity contribution in [2.24, 2.45) is 0 Å². The third kappa shape index (κ3) is 2.11. The predicted molar refractivity (Wildman–Crippen MR) is 45.7 cm³/mol. The van der Waals surface area contributed by atoms with Crippen LogP contribution in [0.5, 0.6) is 0 Å². The van der Waals surface area contributed by atoms with Gasteiger partial charge in [-0.15, -0.1) is 0 Å². The Hall–Kier alpha value is -1.25. The second-order valence-electron chi connectivity index (χ2n) is 2.83. The molecule has 0 atom stereocenters. The van der Waals surface area contributed by atoms with Gasteiger partial charge >= 0.3 is 0 Å². The standard InChI is InChI=1S/C10H10F2O/c1-2-3-7-4-9(11)10(12)5-8(7)6-13/h4-6H,2-3H2,1H3. The van der Waals surface area contributed by atoms with E-state index in [1.54, 1.807) is 0 Å². The fraction of sp³-hybridized carbons (Fsp3) is 0.300. The summed E-state index contributed by atoms with van der Waals surface area (Å²) in [6.07, 6.45) is 1.94. The number of hydrogen-bond acceptors (Lipinski definition) is 1. The van der Waals surface area contributed by atoms with Crippen LogP contribution in [0.2, 0.25) is 0 Å². The van der Waals surface area contributed by atoms with Gasteiger partial charge in [-0.1, -0.05) is 13.3 Å². The van der Waals surface area contributed by atoms with E-state index >= 15 is 0 Å². The van der Waals surface area contributed by atoms with Crippen LogP contribution in [0.3, 0.4) is 0 Å². The molecule has 13 heavy (non-hydrogen) atoms. The Balaban J connectivity index is 3.16. The lowest BCUT2D eigenvalue weighted by molar-refractivity contribution is 0.112. The van der Waals surface area contributed by atoms with Crippen LogP contribution < -0.4 is 0 Å². The Bertz CT molecular complexity index is 321. The van der Waals surface area contributed by atoms with Gasteiger partial charge in [0.1, 0.15) is 6.29 Å². The molecule has 0 heterocycles. The van der Waals surface area contributed by atoms with Crippen LogP contribution >= 0.6 is 0 Å². The van der Waals surface area contributed by atoms with Crippen LogP contribution in [-0.4, -0.2) is 6.29 Å². The number of aryl methyl sites for hydroxylation is 1. The third-order valence-corrected chi connectivity index (χ3v) is 1.83. The highest BCUT2D eigenvalue weighted by atomic mass is 19.2. The largest absolute Gasteiger partial charge is 0.298 e. The molecule has 0 spiro atoms. The van der Waals surface area contributed by atoms with Gasteiger partial charge in [0.2, 0.25) is 0 Å². The van der Waals surface area contributed by atoms with Crippen molar-refractivity contribution in [2.75, 3.05) is 0 Å². The first-order valence-corrected chi connectivity index (χ1v) is 4.12. The number of halogens is 2. The average molecular weight is 184 g/mol. The van der Waals surface area contributed by atoms with Gasteiger partial charge in [-0.05, 0) is 24.1 Å². The van der Waals surface area contributed by atoms with Crippen molar-refractivity contribution in [1.82, 2.24) is 0 Å². The fourth-order valence-corrected chi connectivity index (χ4v) is 1.20. The summed E-state index contributed by atoms with van der Waals surface area (Å²) in [4.78, 5) is 10.5. The third-order valence-electron chi connectivity index (χ3n) is 1.83. The van der Waals surface area contributed by atoms with Gasteiger partial charge in [0.05, 0.1) is 0 Å². The zero-order valence-electron chi connectivity index (χ0n) is 7.31. The number of carbonyl (C=O) groups is 1. The number of benzene rings is 1. The Morgan fingerprint density at radius 1 is 1.31 bits per heavy atom. The van der Waals surface area contributed by atoms with E-state index in [1.807, 2.05) is 6.92 Å². The van der Waals surface area contributed by atoms with Crippen LogP contribution in [0.1, 0.15) is 29.3 Å². The molecule has 1 rings (SSSR count). The van der Waals surface area contributed by atoms with E-state index < -0.39 is 11.6 Å². The molecular formula is C10H10F2O. The van der Waals surface area contributed by atoms with E-state index in [4.69, 9.17) is 0 Å². The van der Waals surface area contributed by atoms with E-state index in [2.05, 4.69) is 0 Å². The molecule has 0 bridgehead atoms. The van der Waals surface area contributed by atoms with Crippen LogP contribution in [0.4, 0.5) is 8.78 Å². The molecule has 1 aromatic rings. The van der Waals surface area contributed by atoms with Crippen molar-refractivity contribution < 1.29 is 13.6 Å². The minimum atomic E-state index is -0.970. The van der Waals surface area contributed by atoms with Gasteiger partial charge in [0.15, 0.2) is 11.6 Å². The fourth-order valence-electron chi connectivity index (χ4n) is 1.20. The smallest absolute Gasteiger partial charge is 0.159 e. The maximum absolute atomic E-state index is 12.7. The van der Waals surface area contributed by atoms with Gasteiger partial charge in [0.25, 0.3) is 0 Å². The molecule has 0 N–H and O–H groups in total. The summed E-state index contributed by atoms with van der Waals surface area (Å²) in [5, 5.41) is 0. The predicted octanol–water partition coefficient (Wildman–Crippen LogP) is 2.73. The summed E-state index contributed by atoms with van der Waals surface area (Å²) in [6, 6.07) is 2.02. The zero-order chi connectivity index (χ0) is 9.84. The summed E-state index contributed by atoms with van der Waals surface area (Å²) in [5.41, 5.74) is 0.803. The highest BCUT2D eigenvalue weighted by Gasteiger charge is 2.07. The van der Waals surface area contributed by atoms with Gasteiger partial charge in [-0.25, -0.2) is 8.78 Å². The van der Waals surface area contributed by atoms with Crippen molar-refractivity contribution in [3.05, 3.63) is 34.9 Å². The average Bonchev–Trinajstić information content (AvgIpc) is 2.11. The van der Waals surface area contributed by atoms with Crippen molar-refractivity contribution in [3.63, 3.8) is 0 Å². The van der Waals surface area contributed by atoms with E-state index in [9.17, 15) is 13.6 Å². The molecule has 0 radical (unpaired) electrons. The maximum Gasteiger partial charge on any atom is 0.159 e. The van der Waals surface area contributed by atoms with Gasteiger partial charge < -0.3 is 0 Å². The molecule has 1 nitrogen and oxygen atoms in total. The SMILES string of the molecule is CCCc1cc(F)c(F)cc1C=O. The molecule has 3 heteroatoms. The molecular weight excluding hydrogens is 174 g/mol. The Morgan fingerprint density at radius 3 is 2.46 bits per heavy atom. The molecule has 0 saturated carbocycles. The second-order valence-corrected chi connectivity index (χ2v) is 2.83. The van der Waals surface area contributed by atoms with Crippen LogP contribution in [0.25, 0.3) is 0 Å². The van der Waals surface area contributed by atoms with Crippen molar-refractivity contribution in [3.8, 4) is 0 Å². The molecule has 70 valence electrons. The Morgan fingerprint density at radius 2 is 1.92 bits per heavy atom. The molecule has 1 aromatic carbocycles. The minimum absolute atomic E-state index is 0.237. The lowest BCUT2D eigenvalue weighted by Crippen LogP contribution is -1.96. The van der Waals surface area contributed by atoms with Crippen LogP contribution in [0, 0.1) is 11.6 Å². The summed E-state index contributed by atoms with van der Waals surface area (Å²) in [5.74, 6) is -1.86. The first kappa shape index (κ1) is 9.84. The monoisotopic (exact) mass is 184 g/mol. The van der Waals surface area contributed by atoms with E-state index in [1.165, 1.54) is 0 Å². The molecule has 0 aliphatic rings. The van der Waals surface area contributed by atoms with E-state index in [0.29, 0.717) is 18.3 Å². The highest BCUT2D eigenvalue weighted by Crippen LogP contribution is 2.14. The zero-order valence-corrected chi connectivity index (χ0v) is 7.31. The van der Waals surface area contributed by atoms with Crippen molar-refractivity contribution >= 4 is 6.29 Å². The van der Waals surface area contributed by atoms with E-state index in [0.717, 1.165) is 18.6 Å². The number of rotatable bonds is 3. The lowest BCUT2D eigenvalue weighted by Gasteiger charge is -2.03. The highest BCUT2D eigenvalue weighted by molar-refractivity contribution is 5.77. The first-order valence-electron chi connectivity index (χ1n) is 4.12. The Labute approximate surface area is 75.4 Å². The molecule has 0 unspecified atom stereocenters. The summed E-state index contributed by atoms with van der Waals surface area (Å²) in [6.45, 7) is 1.91. The molecule has 0 saturated heterocycles. The summed E-state index contributed by atoms with van der Waals surface area (Å²) < 4.78 is 25.4. The van der Waals surface area contributed by atoms with Crippen molar-refractivity contribution in [1.29, 1.82) is 0 Å². The quantitative estimate of drug-likeness (QED) is 0.660. The topological polar surface area (TPSA) is 17.1 Å². The normalized spacial score (nSPS) is 10.1. The molecule has 0 aliphatic carbocycles. The molecule has 0 aliphatic heterocycles. The van der Waals surface area contributed by atoms with Crippen LogP contribution in [0.15, 0.2) is 12.1 Å². The number of hydrogen-bond donors (Lipinski definition) is 0. The Kier molecular flexibility index (Phi) is 3.12. The molecule has 0 amide bonds. The van der Waals surface area contributed by atoms with Gasteiger partial charge in [-0.3, -0.25) is 4.79 Å². The summed E-state index contributed by atoms with van der Waals surface area (Å²) >= 11 is 0. The second kappa shape index (κ2) is 4.12. The molecule has 0 fully saturated rings. The van der Waals surface area contributed by atoms with Gasteiger partial charge in [0, 0.05) is 5.56 Å². The van der Waals surface area contributed by atoms with E-state index in [-0.39, 0.29) is 5.56 Å². The van der Waals surface area contributed by atoms with Crippen LogP contribution in [-0.2, 0) is 6.42 Å². The lowest BCUT2D eigenvalue weighted by atomic mass is 10.0. The molecule has 0 aromatic heterocycles.